The molecule has 0 amide bonds. The van der Waals surface area contributed by atoms with Gasteiger partial charge in [-0.05, 0) is 57.3 Å². The lowest BCUT2D eigenvalue weighted by Gasteiger charge is -2.46. The molecule has 6 rings (SSSR count). The Kier molecular flexibility index (Phi) is 20.6. The molecule has 0 heterocycles. The van der Waals surface area contributed by atoms with E-state index in [1.165, 1.54) is 44.5 Å². The lowest BCUT2D eigenvalue weighted by Crippen LogP contribution is -2.39. The number of fused-ring (bicyclic) bond motifs is 8. The first-order chi connectivity index (χ1) is 17.4. The molecule has 0 atom stereocenters. The van der Waals surface area contributed by atoms with E-state index >= 15 is 0 Å². The van der Waals surface area contributed by atoms with Crippen molar-refractivity contribution in [1.82, 2.24) is 0 Å². The molecule has 216 valence electrons. The molecule has 0 bridgehead atoms. The summed E-state index contributed by atoms with van der Waals surface area (Å²) in [6, 6.07) is 36.2. The van der Waals surface area contributed by atoms with Gasteiger partial charge in [0, 0.05) is 0 Å². The zero-order valence-corrected chi connectivity index (χ0v) is 23.2. The van der Waals surface area contributed by atoms with Crippen LogP contribution in [0.2, 0.25) is 0 Å². The predicted molar refractivity (Wildman–Crippen MR) is 183 cm³/mol. The monoisotopic (exact) mass is 528 g/mol. The van der Waals surface area contributed by atoms with E-state index in [0.717, 1.165) is 12.8 Å². The highest BCUT2D eigenvalue weighted by Crippen LogP contribution is 2.54. The molecule has 0 saturated heterocycles. The van der Waals surface area contributed by atoms with Crippen LogP contribution in [0.25, 0.3) is 0 Å². The standard InChI is InChI=1S/C27H20.4C2H6.4CH4/c1-5-13-23-19(9-1)17-20-10-2-6-14-24(20)27(23)25-15-7-3-11-21(25)18-22-12-4-8-16-26(22)27;4*1-2;;;;/h1-16H,17-18H2;4*1-2H3;4*1H4. The number of rotatable bonds is 0. The van der Waals surface area contributed by atoms with E-state index in [4.69, 9.17) is 0 Å². The van der Waals surface area contributed by atoms with Crippen molar-refractivity contribution >= 4 is 0 Å². The minimum Gasteiger partial charge on any atom is -0.0776 e. The van der Waals surface area contributed by atoms with Gasteiger partial charge in [-0.3, -0.25) is 0 Å². The van der Waals surface area contributed by atoms with E-state index < -0.39 is 0 Å². The number of hydrogen-bond acceptors (Lipinski definition) is 0. The zero-order chi connectivity index (χ0) is 25.8. The second-order valence-electron chi connectivity index (χ2n) is 7.73. The Labute approximate surface area is 244 Å². The fourth-order valence-electron chi connectivity index (χ4n) is 5.44. The maximum Gasteiger partial charge on any atom is 0.0712 e. The Morgan fingerprint density at radius 1 is 0.333 bits per heavy atom. The molecule has 0 saturated carbocycles. The second-order valence-corrected chi connectivity index (χ2v) is 7.73. The van der Waals surface area contributed by atoms with Gasteiger partial charge < -0.3 is 0 Å². The average molecular weight is 529 g/mol. The van der Waals surface area contributed by atoms with Crippen molar-refractivity contribution in [2.24, 2.45) is 0 Å². The van der Waals surface area contributed by atoms with Gasteiger partial charge in [0.25, 0.3) is 0 Å². The van der Waals surface area contributed by atoms with Gasteiger partial charge in [-0.25, -0.2) is 0 Å². The van der Waals surface area contributed by atoms with Gasteiger partial charge in [-0.1, -0.05) is 182 Å². The SMILES string of the molecule is C.C.C.C.CC.CC.CC.CC.c1ccc2c(c1)Cc1ccccc1C21c2ccccc2Cc2ccccc21. The third-order valence-electron chi connectivity index (χ3n) is 6.45. The molecule has 0 heteroatoms. The quantitative estimate of drug-likeness (QED) is 0.184. The minimum atomic E-state index is -0.211. The molecule has 4 aromatic carbocycles. The van der Waals surface area contributed by atoms with Crippen molar-refractivity contribution in [2.75, 3.05) is 0 Å². The van der Waals surface area contributed by atoms with Gasteiger partial charge in [0.2, 0.25) is 0 Å². The van der Waals surface area contributed by atoms with E-state index in [9.17, 15) is 0 Å². The van der Waals surface area contributed by atoms with E-state index in [1.807, 2.05) is 55.4 Å². The minimum absolute atomic E-state index is 0. The molecule has 0 nitrogen and oxygen atoms in total. The summed E-state index contributed by atoms with van der Waals surface area (Å²) in [6.45, 7) is 16.0. The third kappa shape index (κ3) is 7.10. The topological polar surface area (TPSA) is 0 Å². The van der Waals surface area contributed by atoms with Crippen molar-refractivity contribution in [3.05, 3.63) is 142 Å². The van der Waals surface area contributed by atoms with Crippen molar-refractivity contribution in [3.8, 4) is 0 Å². The Morgan fingerprint density at radius 3 is 0.718 bits per heavy atom. The number of hydrogen-bond donors (Lipinski definition) is 0. The largest absolute Gasteiger partial charge is 0.0776 e. The zero-order valence-electron chi connectivity index (χ0n) is 23.2. The van der Waals surface area contributed by atoms with Gasteiger partial charge >= 0.3 is 0 Å². The maximum absolute atomic E-state index is 2.35. The van der Waals surface area contributed by atoms with Gasteiger partial charge in [-0.15, -0.1) is 0 Å². The molecule has 0 N–H and O–H groups in total. The molecule has 2 aliphatic rings. The Bertz CT molecular complexity index is 992. The molecule has 4 aromatic rings. The molecule has 0 aliphatic heterocycles. The molecule has 1 spiro atoms. The molecule has 0 aromatic heterocycles. The van der Waals surface area contributed by atoms with Crippen LogP contribution in [-0.4, -0.2) is 0 Å². The van der Waals surface area contributed by atoms with Crippen LogP contribution < -0.4 is 0 Å². The first-order valence-corrected chi connectivity index (χ1v) is 13.7. The van der Waals surface area contributed by atoms with Crippen molar-refractivity contribution in [3.63, 3.8) is 0 Å². The van der Waals surface area contributed by atoms with E-state index in [0.29, 0.717) is 0 Å². The highest BCUT2D eigenvalue weighted by atomic mass is 14.5. The normalized spacial score (nSPS) is 11.3. The van der Waals surface area contributed by atoms with Crippen LogP contribution in [0.3, 0.4) is 0 Å². The summed E-state index contributed by atoms with van der Waals surface area (Å²) in [6.07, 6.45) is 2.02. The summed E-state index contributed by atoms with van der Waals surface area (Å²) >= 11 is 0. The summed E-state index contributed by atoms with van der Waals surface area (Å²) in [5.41, 5.74) is 11.4. The number of benzene rings is 4. The van der Waals surface area contributed by atoms with Crippen LogP contribution in [0.4, 0.5) is 0 Å². The van der Waals surface area contributed by atoms with Crippen LogP contribution in [0.15, 0.2) is 97.1 Å². The summed E-state index contributed by atoms with van der Waals surface area (Å²) in [5, 5.41) is 0. The summed E-state index contributed by atoms with van der Waals surface area (Å²) in [4.78, 5) is 0. The Morgan fingerprint density at radius 2 is 0.513 bits per heavy atom. The summed E-state index contributed by atoms with van der Waals surface area (Å²) < 4.78 is 0. The highest BCUT2D eigenvalue weighted by Gasteiger charge is 2.47. The Balaban J connectivity index is -0.000000999. The van der Waals surface area contributed by atoms with Crippen molar-refractivity contribution in [2.45, 2.75) is 103 Å². The van der Waals surface area contributed by atoms with Gasteiger partial charge in [0.15, 0.2) is 0 Å². The third-order valence-corrected chi connectivity index (χ3v) is 6.45. The first-order valence-electron chi connectivity index (χ1n) is 13.7. The average Bonchev–Trinajstić information content (AvgIpc) is 2.97. The lowest BCUT2D eigenvalue weighted by atomic mass is 9.56. The second kappa shape index (κ2) is 19.9. The van der Waals surface area contributed by atoms with Crippen LogP contribution >= 0.6 is 0 Å². The summed E-state index contributed by atoms with van der Waals surface area (Å²) in [5.74, 6) is 0. The van der Waals surface area contributed by atoms with Gasteiger partial charge in [0.1, 0.15) is 0 Å². The van der Waals surface area contributed by atoms with Gasteiger partial charge in [0.05, 0.1) is 5.41 Å². The first kappa shape index (κ1) is 40.4. The Hall–Kier alpha value is -3.12. The smallest absolute Gasteiger partial charge is 0.0712 e. The lowest BCUT2D eigenvalue weighted by molar-refractivity contribution is 0.670. The van der Waals surface area contributed by atoms with Gasteiger partial charge in [-0.2, -0.15) is 0 Å². The maximum atomic E-state index is 2.35. The fourth-order valence-corrected chi connectivity index (χ4v) is 5.44. The van der Waals surface area contributed by atoms with Crippen molar-refractivity contribution < 1.29 is 0 Å². The molecule has 2 aliphatic carbocycles. The molecular weight excluding hydrogens is 468 g/mol. The molecule has 0 radical (unpaired) electrons. The molecule has 39 heavy (non-hydrogen) atoms. The van der Waals surface area contributed by atoms with Crippen LogP contribution in [0.5, 0.6) is 0 Å². The fraction of sp³-hybridized carbons (Fsp3) is 0.385. The molecule has 0 fully saturated rings. The van der Waals surface area contributed by atoms with E-state index in [-0.39, 0.29) is 35.1 Å². The van der Waals surface area contributed by atoms with Crippen LogP contribution in [-0.2, 0) is 18.3 Å². The van der Waals surface area contributed by atoms with E-state index in [1.54, 1.807) is 0 Å². The molecule has 0 unspecified atom stereocenters. The molecular formula is C39H60. The van der Waals surface area contributed by atoms with E-state index in [2.05, 4.69) is 97.1 Å². The predicted octanol–water partition coefficient (Wildman–Crippen LogP) is 12.5. The van der Waals surface area contributed by atoms with Crippen LogP contribution in [0.1, 0.15) is 130 Å². The van der Waals surface area contributed by atoms with Crippen molar-refractivity contribution in [1.29, 1.82) is 0 Å². The van der Waals surface area contributed by atoms with Crippen LogP contribution in [0, 0.1) is 0 Å². The summed E-state index contributed by atoms with van der Waals surface area (Å²) in [7, 11) is 0. The highest BCUT2D eigenvalue weighted by molar-refractivity contribution is 5.71.